The van der Waals surface area contributed by atoms with Crippen LogP contribution in [-0.2, 0) is 6.42 Å². The van der Waals surface area contributed by atoms with Crippen molar-refractivity contribution in [3.8, 4) is 0 Å². The molecule has 1 aromatic rings. The van der Waals surface area contributed by atoms with Crippen molar-refractivity contribution in [2.24, 2.45) is 11.8 Å². The smallest absolute Gasteiger partial charge is 0.00930 e. The minimum atomic E-state index is 0.760. The van der Waals surface area contributed by atoms with Crippen molar-refractivity contribution in [3.63, 3.8) is 0 Å². The van der Waals surface area contributed by atoms with Crippen molar-refractivity contribution < 1.29 is 0 Å². The standard InChI is InChI=1S/C14H23NS/c1-11-5-6-14(12(2)10-11)15-8-7-13-4-3-9-16-13/h3-4,9,11-12,14-15H,5-8,10H2,1-2H3. The van der Waals surface area contributed by atoms with Gasteiger partial charge in [0.25, 0.3) is 0 Å². The van der Waals surface area contributed by atoms with Crippen molar-refractivity contribution in [2.45, 2.75) is 45.6 Å². The second-order valence-electron chi connectivity index (χ2n) is 5.29. The summed E-state index contributed by atoms with van der Waals surface area (Å²) >= 11 is 1.87. The summed E-state index contributed by atoms with van der Waals surface area (Å²) in [5, 5.41) is 5.90. The highest BCUT2D eigenvalue weighted by Gasteiger charge is 2.24. The number of hydrogen-bond donors (Lipinski definition) is 1. The molecule has 16 heavy (non-hydrogen) atoms. The molecule has 1 aromatic heterocycles. The van der Waals surface area contributed by atoms with Gasteiger partial charge in [-0.25, -0.2) is 0 Å². The molecular weight excluding hydrogens is 214 g/mol. The highest BCUT2D eigenvalue weighted by molar-refractivity contribution is 7.09. The first-order valence-electron chi connectivity index (χ1n) is 6.51. The van der Waals surface area contributed by atoms with E-state index in [1.807, 2.05) is 11.3 Å². The quantitative estimate of drug-likeness (QED) is 0.842. The van der Waals surface area contributed by atoms with Gasteiger partial charge in [-0.2, -0.15) is 0 Å². The Morgan fingerprint density at radius 3 is 2.94 bits per heavy atom. The minimum Gasteiger partial charge on any atom is -0.313 e. The SMILES string of the molecule is CC1CCC(NCCc2cccs2)C(C)C1. The molecule has 2 rings (SSSR count). The summed E-state index contributed by atoms with van der Waals surface area (Å²) in [6.07, 6.45) is 5.36. The average molecular weight is 237 g/mol. The lowest BCUT2D eigenvalue weighted by molar-refractivity contribution is 0.229. The molecule has 0 radical (unpaired) electrons. The van der Waals surface area contributed by atoms with Crippen LogP contribution in [-0.4, -0.2) is 12.6 Å². The van der Waals surface area contributed by atoms with Crippen molar-refractivity contribution >= 4 is 11.3 Å². The van der Waals surface area contributed by atoms with Gasteiger partial charge in [-0.05, 0) is 49.0 Å². The summed E-state index contributed by atoms with van der Waals surface area (Å²) in [5.41, 5.74) is 0. The van der Waals surface area contributed by atoms with Gasteiger partial charge in [0.2, 0.25) is 0 Å². The van der Waals surface area contributed by atoms with E-state index in [4.69, 9.17) is 0 Å². The first-order chi connectivity index (χ1) is 7.75. The molecule has 0 aliphatic heterocycles. The molecule has 1 aliphatic rings. The van der Waals surface area contributed by atoms with Crippen LogP contribution in [0.1, 0.15) is 38.0 Å². The Morgan fingerprint density at radius 2 is 2.25 bits per heavy atom. The first kappa shape index (κ1) is 12.1. The number of hydrogen-bond acceptors (Lipinski definition) is 2. The minimum absolute atomic E-state index is 0.760. The normalized spacial score (nSPS) is 30.5. The summed E-state index contributed by atoms with van der Waals surface area (Å²) in [6.45, 7) is 5.93. The zero-order valence-electron chi connectivity index (χ0n) is 10.4. The highest BCUT2D eigenvalue weighted by atomic mass is 32.1. The van der Waals surface area contributed by atoms with E-state index in [1.165, 1.54) is 30.6 Å². The molecule has 1 nitrogen and oxygen atoms in total. The van der Waals surface area contributed by atoms with Crippen molar-refractivity contribution in [1.82, 2.24) is 5.32 Å². The monoisotopic (exact) mass is 237 g/mol. The van der Waals surface area contributed by atoms with Crippen LogP contribution in [0.25, 0.3) is 0 Å². The summed E-state index contributed by atoms with van der Waals surface area (Å²) in [7, 11) is 0. The molecule has 0 amide bonds. The molecule has 2 heteroatoms. The van der Waals surface area contributed by atoms with E-state index in [1.54, 1.807) is 0 Å². The molecular formula is C14H23NS. The molecule has 90 valence electrons. The predicted octanol–water partition coefficient (Wildman–Crippen LogP) is 3.70. The largest absolute Gasteiger partial charge is 0.313 e. The fourth-order valence-electron chi connectivity index (χ4n) is 2.80. The third kappa shape index (κ3) is 3.33. The summed E-state index contributed by atoms with van der Waals surface area (Å²) in [5.74, 6) is 1.79. The first-order valence-corrected chi connectivity index (χ1v) is 7.39. The summed E-state index contributed by atoms with van der Waals surface area (Å²) < 4.78 is 0. The van der Waals surface area contributed by atoms with Crippen LogP contribution in [0.5, 0.6) is 0 Å². The highest BCUT2D eigenvalue weighted by Crippen LogP contribution is 2.28. The lowest BCUT2D eigenvalue weighted by Gasteiger charge is -2.33. The van der Waals surface area contributed by atoms with Gasteiger partial charge in [-0.15, -0.1) is 11.3 Å². The van der Waals surface area contributed by atoms with E-state index in [0.29, 0.717) is 0 Å². The van der Waals surface area contributed by atoms with E-state index in [-0.39, 0.29) is 0 Å². The van der Waals surface area contributed by atoms with Crippen LogP contribution in [0.3, 0.4) is 0 Å². The van der Waals surface area contributed by atoms with E-state index < -0.39 is 0 Å². The van der Waals surface area contributed by atoms with E-state index >= 15 is 0 Å². The molecule has 1 N–H and O–H groups in total. The fourth-order valence-corrected chi connectivity index (χ4v) is 3.51. The number of nitrogens with one attached hydrogen (secondary N) is 1. The van der Waals surface area contributed by atoms with Gasteiger partial charge in [0.05, 0.1) is 0 Å². The zero-order valence-corrected chi connectivity index (χ0v) is 11.2. The third-order valence-electron chi connectivity index (χ3n) is 3.79. The van der Waals surface area contributed by atoms with Gasteiger partial charge >= 0.3 is 0 Å². The Kier molecular flexibility index (Phi) is 4.42. The van der Waals surface area contributed by atoms with Crippen LogP contribution in [0.4, 0.5) is 0 Å². The molecule has 1 heterocycles. The number of rotatable bonds is 4. The fraction of sp³-hybridized carbons (Fsp3) is 0.714. The van der Waals surface area contributed by atoms with Gasteiger partial charge in [-0.3, -0.25) is 0 Å². The average Bonchev–Trinajstić information content (AvgIpc) is 2.74. The maximum Gasteiger partial charge on any atom is 0.00930 e. The molecule has 3 atom stereocenters. The van der Waals surface area contributed by atoms with E-state index in [9.17, 15) is 0 Å². The Hall–Kier alpha value is -0.340. The van der Waals surface area contributed by atoms with Gasteiger partial charge < -0.3 is 5.32 Å². The Bertz CT molecular complexity index is 294. The maximum atomic E-state index is 3.74. The van der Waals surface area contributed by atoms with Crippen LogP contribution < -0.4 is 5.32 Å². The topological polar surface area (TPSA) is 12.0 Å². The molecule has 0 spiro atoms. The van der Waals surface area contributed by atoms with Crippen LogP contribution >= 0.6 is 11.3 Å². The second-order valence-corrected chi connectivity index (χ2v) is 6.32. The molecule has 1 fully saturated rings. The van der Waals surface area contributed by atoms with E-state index in [2.05, 4.69) is 36.7 Å². The maximum absolute atomic E-state index is 3.74. The molecule has 1 aliphatic carbocycles. The Balaban J connectivity index is 1.69. The Morgan fingerprint density at radius 1 is 1.38 bits per heavy atom. The van der Waals surface area contributed by atoms with Crippen molar-refractivity contribution in [1.29, 1.82) is 0 Å². The van der Waals surface area contributed by atoms with Gasteiger partial charge in [-0.1, -0.05) is 19.9 Å². The van der Waals surface area contributed by atoms with Crippen LogP contribution in [0.15, 0.2) is 17.5 Å². The third-order valence-corrected chi connectivity index (χ3v) is 4.73. The van der Waals surface area contributed by atoms with Crippen LogP contribution in [0.2, 0.25) is 0 Å². The number of thiophene rings is 1. The van der Waals surface area contributed by atoms with Crippen molar-refractivity contribution in [3.05, 3.63) is 22.4 Å². The predicted molar refractivity (Wildman–Crippen MR) is 72.0 cm³/mol. The molecule has 0 saturated heterocycles. The van der Waals surface area contributed by atoms with Gasteiger partial charge in [0.15, 0.2) is 0 Å². The molecule has 0 bridgehead atoms. The summed E-state index contributed by atoms with van der Waals surface area (Å²) in [6, 6.07) is 5.14. The zero-order chi connectivity index (χ0) is 11.4. The lowest BCUT2D eigenvalue weighted by Crippen LogP contribution is -2.39. The second kappa shape index (κ2) is 5.83. The molecule has 1 saturated carbocycles. The molecule has 3 unspecified atom stereocenters. The molecule has 0 aromatic carbocycles. The van der Waals surface area contributed by atoms with Gasteiger partial charge in [0, 0.05) is 17.5 Å². The Labute approximate surface area is 103 Å². The van der Waals surface area contributed by atoms with E-state index in [0.717, 1.165) is 24.4 Å². The lowest BCUT2D eigenvalue weighted by atomic mass is 9.80. The van der Waals surface area contributed by atoms with Crippen molar-refractivity contribution in [2.75, 3.05) is 6.54 Å². The van der Waals surface area contributed by atoms with Gasteiger partial charge in [0.1, 0.15) is 0 Å². The van der Waals surface area contributed by atoms with Crippen LogP contribution in [0, 0.1) is 11.8 Å². The summed E-state index contributed by atoms with van der Waals surface area (Å²) in [4.78, 5) is 1.50.